The molecule has 168 valence electrons. The van der Waals surface area contributed by atoms with Crippen LogP contribution < -0.4 is 10.2 Å². The lowest BCUT2D eigenvalue weighted by molar-refractivity contribution is 0.245. The van der Waals surface area contributed by atoms with Crippen LogP contribution in [-0.2, 0) is 0 Å². The van der Waals surface area contributed by atoms with Crippen molar-refractivity contribution in [2.24, 2.45) is 0 Å². The van der Waals surface area contributed by atoms with Crippen molar-refractivity contribution >= 4 is 39.2 Å². The van der Waals surface area contributed by atoms with Crippen LogP contribution in [-0.4, -0.2) is 61.2 Å². The highest BCUT2D eigenvalue weighted by Gasteiger charge is 2.33. The van der Waals surface area contributed by atoms with E-state index in [0.29, 0.717) is 33.5 Å². The van der Waals surface area contributed by atoms with Gasteiger partial charge in [-0.1, -0.05) is 54.1 Å². The molecule has 7 heteroatoms. The first-order valence-corrected chi connectivity index (χ1v) is 11.7. The molecule has 2 fully saturated rings. The molecule has 33 heavy (non-hydrogen) atoms. The summed E-state index contributed by atoms with van der Waals surface area (Å²) in [7, 11) is 4.15. The van der Waals surface area contributed by atoms with Crippen molar-refractivity contribution in [3.63, 3.8) is 0 Å². The van der Waals surface area contributed by atoms with E-state index < -0.39 is 0 Å². The average molecular weight is 462 g/mol. The Morgan fingerprint density at radius 1 is 1.03 bits per heavy atom. The summed E-state index contributed by atoms with van der Waals surface area (Å²) in [4.78, 5) is 14.0. The van der Waals surface area contributed by atoms with E-state index in [0.717, 1.165) is 48.2 Å². The molecule has 2 saturated heterocycles. The molecule has 2 aliphatic heterocycles. The van der Waals surface area contributed by atoms with Crippen LogP contribution in [0.2, 0.25) is 5.02 Å². The van der Waals surface area contributed by atoms with Crippen molar-refractivity contribution in [2.45, 2.75) is 12.0 Å². The number of nitrogens with one attached hydrogen (secondary N) is 1. The summed E-state index contributed by atoms with van der Waals surface area (Å²) in [6.45, 7) is 3.34. The number of rotatable bonds is 4. The molecular weight excluding hydrogens is 437 g/mol. The van der Waals surface area contributed by atoms with E-state index in [-0.39, 0.29) is 11.7 Å². The fraction of sp³-hybridized carbons (Fsp3) is 0.308. The molecular formula is C26H25ClFN5. The third-order valence-corrected chi connectivity index (χ3v) is 7.30. The molecule has 3 aromatic carbocycles. The molecule has 4 aromatic rings. The molecule has 0 unspecified atom stereocenters. The summed E-state index contributed by atoms with van der Waals surface area (Å²) in [5.74, 6) is 0.461. The fourth-order valence-corrected chi connectivity index (χ4v) is 5.07. The molecule has 1 aromatic heterocycles. The van der Waals surface area contributed by atoms with Crippen LogP contribution in [0.15, 0.2) is 48.5 Å². The van der Waals surface area contributed by atoms with E-state index in [1.807, 2.05) is 48.5 Å². The van der Waals surface area contributed by atoms with E-state index in [4.69, 9.17) is 21.6 Å². The number of hydrogen-bond donors (Lipinski definition) is 1. The minimum absolute atomic E-state index is 0.235. The fourth-order valence-electron chi connectivity index (χ4n) is 4.78. The Morgan fingerprint density at radius 2 is 1.79 bits per heavy atom. The molecule has 0 amide bonds. The third-order valence-electron chi connectivity index (χ3n) is 7.00. The van der Waals surface area contributed by atoms with Crippen LogP contribution in [0.5, 0.6) is 0 Å². The van der Waals surface area contributed by atoms with Gasteiger partial charge in [-0.25, -0.2) is 14.4 Å². The molecule has 6 rings (SSSR count). The Bertz CT molecular complexity index is 1370. The second kappa shape index (κ2) is 7.90. The number of benzene rings is 3. The number of halogens is 2. The van der Waals surface area contributed by atoms with Gasteiger partial charge < -0.3 is 15.1 Å². The van der Waals surface area contributed by atoms with E-state index in [1.165, 1.54) is 0 Å². The third kappa shape index (κ3) is 3.36. The normalized spacial score (nSPS) is 17.1. The Balaban J connectivity index is 1.56. The zero-order chi connectivity index (χ0) is 22.7. The van der Waals surface area contributed by atoms with Gasteiger partial charge in [0.25, 0.3) is 0 Å². The zero-order valence-corrected chi connectivity index (χ0v) is 19.4. The van der Waals surface area contributed by atoms with Crippen molar-refractivity contribution in [1.82, 2.24) is 20.2 Å². The average Bonchev–Trinajstić information content (AvgIpc) is 2.72. The van der Waals surface area contributed by atoms with Crippen LogP contribution in [0.4, 0.5) is 10.3 Å². The minimum atomic E-state index is -0.379. The number of nitrogens with zero attached hydrogens (tertiary/aromatic N) is 4. The van der Waals surface area contributed by atoms with E-state index in [1.54, 1.807) is 0 Å². The summed E-state index contributed by atoms with van der Waals surface area (Å²) in [6.07, 6.45) is 0. The number of aromatic nitrogens is 2. The van der Waals surface area contributed by atoms with E-state index in [2.05, 4.69) is 29.2 Å². The maximum absolute atomic E-state index is 16.3. The van der Waals surface area contributed by atoms with Gasteiger partial charge in [-0.05, 0) is 36.5 Å². The molecule has 0 spiro atoms. The number of fused-ring (bicyclic) bond motifs is 2. The van der Waals surface area contributed by atoms with Crippen molar-refractivity contribution in [1.29, 1.82) is 0 Å². The van der Waals surface area contributed by atoms with Gasteiger partial charge in [-0.3, -0.25) is 0 Å². The van der Waals surface area contributed by atoms with Crippen molar-refractivity contribution in [3.8, 4) is 11.1 Å². The predicted molar refractivity (Wildman–Crippen MR) is 133 cm³/mol. The second-order valence-electron chi connectivity index (χ2n) is 9.26. The topological polar surface area (TPSA) is 44.3 Å². The van der Waals surface area contributed by atoms with Gasteiger partial charge in [0.15, 0.2) is 5.82 Å². The largest absolute Gasteiger partial charge is 0.338 e. The molecule has 0 radical (unpaired) electrons. The Labute approximate surface area is 197 Å². The SMILES string of the molecule is CN(C)C1CN(c2nc(C3CNC3)c3cc(Cl)c(-c4cccc5ccccc45)c(F)c3n2)C1. The standard InChI is InChI=1S/C26H25ClFN5/c1-32(2)17-13-33(14-17)26-30-24(16-11-29-12-16)20-10-21(27)22(23(28)25(20)31-26)19-9-5-7-15-6-3-4-8-18(15)19/h3-10,16-17,29H,11-14H2,1-2H3. The van der Waals surface area contributed by atoms with Crippen molar-refractivity contribution < 1.29 is 4.39 Å². The minimum Gasteiger partial charge on any atom is -0.338 e. The van der Waals surface area contributed by atoms with Crippen LogP contribution in [0.1, 0.15) is 11.6 Å². The van der Waals surface area contributed by atoms with Gasteiger partial charge in [0.2, 0.25) is 5.95 Å². The molecule has 0 bridgehead atoms. The van der Waals surface area contributed by atoms with E-state index >= 15 is 4.39 Å². The summed E-state index contributed by atoms with van der Waals surface area (Å²) < 4.78 is 16.3. The molecule has 0 aliphatic carbocycles. The zero-order valence-electron chi connectivity index (χ0n) is 18.6. The van der Waals surface area contributed by atoms with Gasteiger partial charge in [-0.15, -0.1) is 0 Å². The first-order chi connectivity index (χ1) is 16.0. The molecule has 0 saturated carbocycles. The molecule has 1 N–H and O–H groups in total. The Kier molecular flexibility index (Phi) is 4.98. The van der Waals surface area contributed by atoms with Crippen molar-refractivity contribution in [3.05, 3.63) is 65.1 Å². The van der Waals surface area contributed by atoms with Gasteiger partial charge in [0, 0.05) is 49.1 Å². The smallest absolute Gasteiger partial charge is 0.226 e. The van der Waals surface area contributed by atoms with Gasteiger partial charge in [0.1, 0.15) is 5.52 Å². The summed E-state index contributed by atoms with van der Waals surface area (Å²) in [6, 6.07) is 16.2. The lowest BCUT2D eigenvalue weighted by Gasteiger charge is -2.43. The summed E-state index contributed by atoms with van der Waals surface area (Å²) >= 11 is 6.75. The highest BCUT2D eigenvalue weighted by molar-refractivity contribution is 6.34. The van der Waals surface area contributed by atoms with Crippen LogP contribution >= 0.6 is 11.6 Å². The van der Waals surface area contributed by atoms with Gasteiger partial charge in [-0.2, -0.15) is 0 Å². The molecule has 0 atom stereocenters. The first kappa shape index (κ1) is 20.8. The van der Waals surface area contributed by atoms with Crippen LogP contribution in [0.25, 0.3) is 32.8 Å². The van der Waals surface area contributed by atoms with Crippen LogP contribution in [0.3, 0.4) is 0 Å². The maximum atomic E-state index is 16.3. The molecule has 5 nitrogen and oxygen atoms in total. The predicted octanol–water partition coefficient (Wildman–Crippen LogP) is 4.68. The molecule has 3 heterocycles. The molecule has 2 aliphatic rings. The Morgan fingerprint density at radius 3 is 2.52 bits per heavy atom. The highest BCUT2D eigenvalue weighted by atomic mass is 35.5. The summed E-state index contributed by atoms with van der Waals surface area (Å²) in [5, 5.41) is 6.41. The van der Waals surface area contributed by atoms with Crippen LogP contribution in [0, 0.1) is 5.82 Å². The number of likely N-dealkylation sites (N-methyl/N-ethyl adjacent to an activating group) is 1. The highest BCUT2D eigenvalue weighted by Crippen LogP contribution is 2.41. The van der Waals surface area contributed by atoms with Crippen molar-refractivity contribution in [2.75, 3.05) is 45.2 Å². The van der Waals surface area contributed by atoms with Gasteiger partial charge in [0.05, 0.1) is 10.7 Å². The first-order valence-electron chi connectivity index (χ1n) is 11.3. The summed E-state index contributed by atoms with van der Waals surface area (Å²) in [5.41, 5.74) is 2.41. The number of hydrogen-bond acceptors (Lipinski definition) is 5. The van der Waals surface area contributed by atoms with E-state index in [9.17, 15) is 0 Å². The van der Waals surface area contributed by atoms with Gasteiger partial charge >= 0.3 is 0 Å². The lowest BCUT2D eigenvalue weighted by atomic mass is 9.92. The quantitative estimate of drug-likeness (QED) is 0.478. The lowest BCUT2D eigenvalue weighted by Crippen LogP contribution is -2.58. The monoisotopic (exact) mass is 461 g/mol. The number of anilines is 1. The second-order valence-corrected chi connectivity index (χ2v) is 9.66. The Hall–Kier alpha value is -2.80. The maximum Gasteiger partial charge on any atom is 0.226 e.